The van der Waals surface area contributed by atoms with Crippen molar-refractivity contribution in [2.45, 2.75) is 107 Å². The molecule has 0 aliphatic carbocycles. The predicted octanol–water partition coefficient (Wildman–Crippen LogP) is 14.6. The van der Waals surface area contributed by atoms with E-state index in [1.165, 1.54) is 16.7 Å². The molecule has 0 radical (unpaired) electrons. The Labute approximate surface area is 354 Å². The second-order valence-electron chi connectivity index (χ2n) is 20.0. The van der Waals surface area contributed by atoms with Crippen molar-refractivity contribution in [3.8, 4) is 50.6 Å². The van der Waals surface area contributed by atoms with Gasteiger partial charge in [-0.25, -0.2) is 4.98 Å². The molecular weight excluding hydrogens is 880 g/mol. The van der Waals surface area contributed by atoms with Crippen molar-refractivity contribution < 1.29 is 30.6 Å². The molecule has 0 bridgehead atoms. The van der Waals surface area contributed by atoms with Gasteiger partial charge in [0.05, 0.1) is 11.1 Å². The molecule has 298 valence electrons. The Balaban J connectivity index is 0.00000549. The fourth-order valence-electron chi connectivity index (χ4n) is 8.75. The molecule has 2 heterocycles. The van der Waals surface area contributed by atoms with Crippen LogP contribution < -0.4 is 0 Å². The zero-order chi connectivity index (χ0) is 40.5. The van der Waals surface area contributed by atoms with Gasteiger partial charge in [0, 0.05) is 32.8 Å². The van der Waals surface area contributed by atoms with E-state index in [1.54, 1.807) is 6.07 Å². The normalized spacial score (nSPS) is 12.7. The molecule has 7 rings (SSSR count). The molecule has 0 aliphatic heterocycles. The van der Waals surface area contributed by atoms with Crippen LogP contribution in [0.15, 0.2) is 102 Å². The number of nitrogens with zero attached hydrogens (tertiary/aromatic N) is 2. The summed E-state index contributed by atoms with van der Waals surface area (Å²) in [5.74, 6) is 0.731. The molecular formula is C52H57N2O2Pt-. The number of rotatable bonds is 5. The van der Waals surface area contributed by atoms with Gasteiger partial charge in [-0.2, -0.15) is 0 Å². The third-order valence-corrected chi connectivity index (χ3v) is 11.1. The monoisotopic (exact) mass is 936 g/mol. The van der Waals surface area contributed by atoms with Crippen molar-refractivity contribution in [1.82, 2.24) is 9.97 Å². The summed E-state index contributed by atoms with van der Waals surface area (Å²) >= 11 is 0. The average molecular weight is 937 g/mol. The van der Waals surface area contributed by atoms with Gasteiger partial charge in [0.2, 0.25) is 5.89 Å². The first-order valence-electron chi connectivity index (χ1n) is 19.9. The SMILES string of the molecule is Cc1cc(-c2[c-]c(-c3cc(-c4ccc(C(C)(C)C)cc4)cc4oc(-c5cc(C(C)(C)C)ccc5O)nc34)cc(C(C(C)(C)C)C(C)(C)C)c2)c2ncccc2c1.[Pt]. The van der Waals surface area contributed by atoms with Crippen LogP contribution in [0, 0.1) is 23.8 Å². The van der Waals surface area contributed by atoms with Crippen molar-refractivity contribution in [2.24, 2.45) is 10.8 Å². The number of pyridine rings is 1. The standard InChI is InChI=1S/C52H57N2O2.Pt/c1-31-23-33-15-14-22-53-45(33)40(24-31)35-25-36(27-37(26-35)47(51(8,9)10)52(11,12)13)41-28-34(32-16-18-38(19-17-32)49(2,3)4)29-44-46(41)54-48(56-44)42-30-39(50(5,6)7)20-21-43(42)55;/h14-24,26-30,47,55H,1-13H3;/q-1;. The van der Waals surface area contributed by atoms with E-state index in [9.17, 15) is 5.11 Å². The summed E-state index contributed by atoms with van der Waals surface area (Å²) in [6, 6.07) is 36.0. The Kier molecular flexibility index (Phi) is 11.1. The van der Waals surface area contributed by atoms with Crippen LogP contribution in [-0.2, 0) is 31.9 Å². The first-order valence-corrected chi connectivity index (χ1v) is 19.9. The first-order chi connectivity index (χ1) is 26.1. The maximum absolute atomic E-state index is 11.2. The summed E-state index contributed by atoms with van der Waals surface area (Å²) in [5, 5.41) is 12.3. The van der Waals surface area contributed by atoms with Gasteiger partial charge in [0.25, 0.3) is 0 Å². The van der Waals surface area contributed by atoms with Gasteiger partial charge in [-0.05, 0) is 86.4 Å². The van der Waals surface area contributed by atoms with E-state index in [1.807, 2.05) is 24.4 Å². The second-order valence-corrected chi connectivity index (χ2v) is 20.0. The number of phenols is 1. The van der Waals surface area contributed by atoms with E-state index in [2.05, 4.69) is 163 Å². The minimum Gasteiger partial charge on any atom is -0.507 e. The Morgan fingerprint density at radius 3 is 1.81 bits per heavy atom. The number of oxazole rings is 1. The number of aromatic nitrogens is 2. The zero-order valence-electron chi connectivity index (χ0n) is 35.9. The van der Waals surface area contributed by atoms with E-state index >= 15 is 0 Å². The van der Waals surface area contributed by atoms with Crippen LogP contribution in [0.3, 0.4) is 0 Å². The van der Waals surface area contributed by atoms with Gasteiger partial charge in [-0.15, -0.1) is 34.9 Å². The summed E-state index contributed by atoms with van der Waals surface area (Å²) in [6.07, 6.45) is 1.87. The van der Waals surface area contributed by atoms with Crippen LogP contribution in [0.2, 0.25) is 0 Å². The Morgan fingerprint density at radius 1 is 0.614 bits per heavy atom. The van der Waals surface area contributed by atoms with Crippen LogP contribution in [0.1, 0.15) is 111 Å². The van der Waals surface area contributed by atoms with Gasteiger partial charge in [0.15, 0.2) is 0 Å². The molecule has 0 unspecified atom stereocenters. The number of aryl methyl sites for hydroxylation is 1. The molecule has 0 atom stereocenters. The molecule has 4 nitrogen and oxygen atoms in total. The maximum Gasteiger partial charge on any atom is 0.230 e. The summed E-state index contributed by atoms with van der Waals surface area (Å²) in [6.45, 7) is 29.4. The third kappa shape index (κ3) is 8.54. The van der Waals surface area contributed by atoms with Crippen LogP contribution >= 0.6 is 0 Å². The van der Waals surface area contributed by atoms with E-state index < -0.39 is 0 Å². The molecule has 1 N–H and O–H groups in total. The summed E-state index contributed by atoms with van der Waals surface area (Å²) < 4.78 is 6.68. The number of phenolic OH excluding ortho intramolecular Hbond substituents is 1. The van der Waals surface area contributed by atoms with Gasteiger partial charge >= 0.3 is 0 Å². The Morgan fingerprint density at radius 2 is 1.21 bits per heavy atom. The first kappa shape index (κ1) is 42.1. The van der Waals surface area contributed by atoms with E-state index in [0.29, 0.717) is 17.0 Å². The molecule has 0 spiro atoms. The third-order valence-electron chi connectivity index (χ3n) is 11.1. The Bertz CT molecular complexity index is 2570. The molecule has 0 amide bonds. The van der Waals surface area contributed by atoms with E-state index in [0.717, 1.165) is 55.4 Å². The minimum atomic E-state index is -0.122. The number of hydrogen-bond donors (Lipinski definition) is 1. The molecule has 5 aromatic carbocycles. The van der Waals surface area contributed by atoms with Crippen LogP contribution in [0.5, 0.6) is 5.75 Å². The molecule has 0 saturated carbocycles. The van der Waals surface area contributed by atoms with Crippen LogP contribution in [0.25, 0.3) is 66.8 Å². The topological polar surface area (TPSA) is 59.2 Å². The molecule has 7 aromatic rings. The fourth-order valence-corrected chi connectivity index (χ4v) is 8.75. The van der Waals surface area contributed by atoms with E-state index in [4.69, 9.17) is 14.4 Å². The van der Waals surface area contributed by atoms with Crippen LogP contribution in [-0.4, -0.2) is 15.1 Å². The van der Waals surface area contributed by atoms with Crippen molar-refractivity contribution in [1.29, 1.82) is 0 Å². The minimum absolute atomic E-state index is 0. The predicted molar refractivity (Wildman–Crippen MR) is 235 cm³/mol. The van der Waals surface area contributed by atoms with Gasteiger partial charge in [0.1, 0.15) is 11.3 Å². The summed E-state index contributed by atoms with van der Waals surface area (Å²) in [4.78, 5) is 10.1. The van der Waals surface area contributed by atoms with Crippen molar-refractivity contribution in [2.75, 3.05) is 0 Å². The van der Waals surface area contributed by atoms with Gasteiger partial charge < -0.3 is 9.52 Å². The quantitative estimate of drug-likeness (QED) is 0.175. The van der Waals surface area contributed by atoms with Crippen molar-refractivity contribution in [3.05, 3.63) is 126 Å². The van der Waals surface area contributed by atoms with E-state index in [-0.39, 0.29) is 54.4 Å². The molecule has 0 saturated heterocycles. The molecule has 5 heteroatoms. The molecule has 0 aliphatic rings. The molecule has 0 fully saturated rings. The number of aromatic hydroxyl groups is 1. The van der Waals surface area contributed by atoms with Crippen molar-refractivity contribution in [3.63, 3.8) is 0 Å². The zero-order valence-corrected chi connectivity index (χ0v) is 38.2. The maximum atomic E-state index is 11.2. The average Bonchev–Trinajstić information content (AvgIpc) is 3.53. The number of hydrogen-bond acceptors (Lipinski definition) is 4. The smallest absolute Gasteiger partial charge is 0.230 e. The number of benzene rings is 5. The van der Waals surface area contributed by atoms with Crippen LogP contribution in [0.4, 0.5) is 0 Å². The fraction of sp³-hybridized carbons (Fsp3) is 0.346. The Hall–Kier alpha value is -4.53. The van der Waals surface area contributed by atoms with Crippen molar-refractivity contribution >= 4 is 22.0 Å². The molecule has 57 heavy (non-hydrogen) atoms. The molecule has 2 aromatic heterocycles. The second kappa shape index (κ2) is 15.0. The number of fused-ring (bicyclic) bond motifs is 2. The largest absolute Gasteiger partial charge is 0.507 e. The van der Waals surface area contributed by atoms with Gasteiger partial charge in [-0.1, -0.05) is 154 Å². The summed E-state index contributed by atoms with van der Waals surface area (Å²) in [5.41, 5.74) is 13.6. The summed E-state index contributed by atoms with van der Waals surface area (Å²) in [7, 11) is 0. The van der Waals surface area contributed by atoms with Gasteiger partial charge in [-0.3, -0.25) is 4.98 Å².